The number of nitrogens with one attached hydrogen (secondary N) is 1. The fourth-order valence-electron chi connectivity index (χ4n) is 1.62. The first-order chi connectivity index (χ1) is 8.65. The van der Waals surface area contributed by atoms with Gasteiger partial charge in [0.25, 0.3) is 0 Å². The highest BCUT2D eigenvalue weighted by atomic mass is 79.9. The van der Waals surface area contributed by atoms with Crippen LogP contribution < -0.4 is 5.32 Å². The van der Waals surface area contributed by atoms with E-state index >= 15 is 0 Å². The lowest BCUT2D eigenvalue weighted by Crippen LogP contribution is -2.06. The fraction of sp³-hybridized carbons (Fsp3) is 0.214. The molecule has 0 fully saturated rings. The molecule has 1 aromatic carbocycles. The van der Waals surface area contributed by atoms with Gasteiger partial charge >= 0.3 is 0 Å². The number of aryl methyl sites for hydroxylation is 1. The van der Waals surface area contributed by atoms with Crippen LogP contribution in [0.3, 0.4) is 0 Å². The molecule has 1 N–H and O–H groups in total. The molecule has 0 bridgehead atoms. The largest absolute Gasteiger partial charge is 0.370 e. The molecule has 1 heterocycles. The second kappa shape index (κ2) is 5.96. The molecule has 2 rings (SSSR count). The Labute approximate surface area is 114 Å². The van der Waals surface area contributed by atoms with Gasteiger partial charge in [-0.1, -0.05) is 12.1 Å². The van der Waals surface area contributed by atoms with E-state index in [0.29, 0.717) is 0 Å². The molecule has 0 atom stereocenters. The van der Waals surface area contributed by atoms with Crippen molar-refractivity contribution >= 4 is 21.7 Å². The molecule has 0 radical (unpaired) electrons. The van der Waals surface area contributed by atoms with Gasteiger partial charge in [0.1, 0.15) is 11.6 Å². The maximum atomic E-state index is 12.7. The summed E-state index contributed by atoms with van der Waals surface area (Å²) in [6.45, 7) is 2.80. The highest BCUT2D eigenvalue weighted by Crippen LogP contribution is 2.17. The van der Waals surface area contributed by atoms with E-state index in [0.717, 1.165) is 34.4 Å². The van der Waals surface area contributed by atoms with Gasteiger partial charge in [0, 0.05) is 17.2 Å². The molecule has 0 unspecified atom stereocenters. The Kier molecular flexibility index (Phi) is 4.31. The predicted molar refractivity (Wildman–Crippen MR) is 75.3 cm³/mol. The third-order valence-electron chi connectivity index (χ3n) is 2.68. The van der Waals surface area contributed by atoms with Crippen molar-refractivity contribution in [2.24, 2.45) is 0 Å². The molecular formula is C14H14BrFN2. The van der Waals surface area contributed by atoms with Crippen molar-refractivity contribution in [2.45, 2.75) is 13.3 Å². The van der Waals surface area contributed by atoms with E-state index in [1.54, 1.807) is 18.3 Å². The molecule has 0 aliphatic carbocycles. The van der Waals surface area contributed by atoms with Crippen LogP contribution >= 0.6 is 15.9 Å². The molecule has 0 saturated carbocycles. The first-order valence-corrected chi connectivity index (χ1v) is 6.55. The molecule has 0 saturated heterocycles. The Morgan fingerprint density at radius 3 is 2.67 bits per heavy atom. The van der Waals surface area contributed by atoms with Gasteiger partial charge in [0.2, 0.25) is 0 Å². The first-order valence-electron chi connectivity index (χ1n) is 5.75. The summed E-state index contributed by atoms with van der Waals surface area (Å²) >= 11 is 3.42. The normalized spacial score (nSPS) is 10.4. The zero-order valence-corrected chi connectivity index (χ0v) is 11.7. The number of pyridine rings is 1. The van der Waals surface area contributed by atoms with E-state index in [1.165, 1.54) is 12.1 Å². The molecule has 4 heteroatoms. The zero-order chi connectivity index (χ0) is 13.0. The average molecular weight is 309 g/mol. The summed E-state index contributed by atoms with van der Waals surface area (Å²) in [6, 6.07) is 8.57. The highest BCUT2D eigenvalue weighted by molar-refractivity contribution is 9.10. The Hall–Kier alpha value is -1.42. The molecule has 0 spiro atoms. The van der Waals surface area contributed by atoms with Gasteiger partial charge in [-0.25, -0.2) is 9.37 Å². The van der Waals surface area contributed by atoms with Gasteiger partial charge in [-0.15, -0.1) is 0 Å². The lowest BCUT2D eigenvalue weighted by atomic mass is 10.1. The third-order valence-corrected chi connectivity index (χ3v) is 3.51. The summed E-state index contributed by atoms with van der Waals surface area (Å²) < 4.78 is 13.7. The number of hydrogen-bond donors (Lipinski definition) is 1. The van der Waals surface area contributed by atoms with Crippen molar-refractivity contribution in [1.82, 2.24) is 4.98 Å². The van der Waals surface area contributed by atoms with Crippen LogP contribution in [-0.2, 0) is 6.42 Å². The van der Waals surface area contributed by atoms with Gasteiger partial charge < -0.3 is 5.32 Å². The quantitative estimate of drug-likeness (QED) is 0.925. The van der Waals surface area contributed by atoms with Crippen molar-refractivity contribution in [3.63, 3.8) is 0 Å². The minimum atomic E-state index is -0.197. The average Bonchev–Trinajstić information content (AvgIpc) is 2.36. The summed E-state index contributed by atoms with van der Waals surface area (Å²) in [4.78, 5) is 4.27. The van der Waals surface area contributed by atoms with Gasteiger partial charge in [0.15, 0.2) is 0 Å². The number of benzene rings is 1. The second-order valence-electron chi connectivity index (χ2n) is 4.12. The monoisotopic (exact) mass is 308 g/mol. The summed E-state index contributed by atoms with van der Waals surface area (Å²) in [6.07, 6.45) is 2.63. The lowest BCUT2D eigenvalue weighted by Gasteiger charge is -2.07. The number of nitrogens with zero attached hydrogens (tertiary/aromatic N) is 1. The highest BCUT2D eigenvalue weighted by Gasteiger charge is 1.99. The van der Waals surface area contributed by atoms with Crippen molar-refractivity contribution in [3.05, 3.63) is 57.9 Å². The number of halogens is 2. The van der Waals surface area contributed by atoms with Crippen LogP contribution in [0.4, 0.5) is 10.2 Å². The molecule has 0 aliphatic rings. The van der Waals surface area contributed by atoms with Crippen molar-refractivity contribution < 1.29 is 4.39 Å². The van der Waals surface area contributed by atoms with Crippen LogP contribution in [0.5, 0.6) is 0 Å². The topological polar surface area (TPSA) is 24.9 Å². The summed E-state index contributed by atoms with van der Waals surface area (Å²) in [5, 5.41) is 3.25. The van der Waals surface area contributed by atoms with Crippen LogP contribution in [0.2, 0.25) is 0 Å². The zero-order valence-electron chi connectivity index (χ0n) is 10.1. The van der Waals surface area contributed by atoms with Gasteiger partial charge in [-0.3, -0.25) is 0 Å². The van der Waals surface area contributed by atoms with Crippen LogP contribution in [0.15, 0.2) is 41.0 Å². The van der Waals surface area contributed by atoms with Crippen LogP contribution in [-0.4, -0.2) is 11.5 Å². The minimum Gasteiger partial charge on any atom is -0.370 e. The molecule has 94 valence electrons. The SMILES string of the molecule is Cc1cc(NCCc2ccc(F)cc2)ncc1Br. The van der Waals surface area contributed by atoms with Gasteiger partial charge in [0.05, 0.1) is 0 Å². The number of anilines is 1. The maximum Gasteiger partial charge on any atom is 0.126 e. The molecule has 18 heavy (non-hydrogen) atoms. The fourth-order valence-corrected chi connectivity index (χ4v) is 1.84. The minimum absolute atomic E-state index is 0.197. The van der Waals surface area contributed by atoms with Crippen molar-refractivity contribution in [3.8, 4) is 0 Å². The van der Waals surface area contributed by atoms with E-state index in [4.69, 9.17) is 0 Å². The standard InChI is InChI=1S/C14H14BrFN2/c1-10-8-14(18-9-13(10)15)17-7-6-11-2-4-12(16)5-3-11/h2-5,8-9H,6-7H2,1H3,(H,17,18). The van der Waals surface area contributed by atoms with E-state index < -0.39 is 0 Å². The summed E-state index contributed by atoms with van der Waals surface area (Å²) in [5.74, 6) is 0.662. The molecule has 2 aromatic rings. The van der Waals surface area contributed by atoms with Crippen LogP contribution in [0.1, 0.15) is 11.1 Å². The summed E-state index contributed by atoms with van der Waals surface area (Å²) in [5.41, 5.74) is 2.26. The Morgan fingerprint density at radius 2 is 2.00 bits per heavy atom. The lowest BCUT2D eigenvalue weighted by molar-refractivity contribution is 0.627. The first kappa shape index (κ1) is 13.0. The molecule has 0 amide bonds. The number of hydrogen-bond acceptors (Lipinski definition) is 2. The van der Waals surface area contributed by atoms with Crippen LogP contribution in [0.25, 0.3) is 0 Å². The number of aromatic nitrogens is 1. The molecular weight excluding hydrogens is 295 g/mol. The van der Waals surface area contributed by atoms with Crippen LogP contribution in [0, 0.1) is 12.7 Å². The van der Waals surface area contributed by atoms with E-state index in [9.17, 15) is 4.39 Å². The number of rotatable bonds is 4. The smallest absolute Gasteiger partial charge is 0.126 e. The Bertz CT molecular complexity index is 526. The molecule has 2 nitrogen and oxygen atoms in total. The summed E-state index contributed by atoms with van der Waals surface area (Å²) in [7, 11) is 0. The third kappa shape index (κ3) is 3.53. The van der Waals surface area contributed by atoms with Crippen molar-refractivity contribution in [1.29, 1.82) is 0 Å². The molecule has 0 aliphatic heterocycles. The van der Waals surface area contributed by atoms with E-state index in [2.05, 4.69) is 26.2 Å². The van der Waals surface area contributed by atoms with Gasteiger partial charge in [-0.05, 0) is 58.6 Å². The Morgan fingerprint density at radius 1 is 1.28 bits per heavy atom. The van der Waals surface area contributed by atoms with E-state index in [-0.39, 0.29) is 5.82 Å². The van der Waals surface area contributed by atoms with Gasteiger partial charge in [-0.2, -0.15) is 0 Å². The second-order valence-corrected chi connectivity index (χ2v) is 4.98. The maximum absolute atomic E-state index is 12.7. The van der Waals surface area contributed by atoms with Crippen molar-refractivity contribution in [2.75, 3.05) is 11.9 Å². The Balaban J connectivity index is 1.88. The molecule has 1 aromatic heterocycles. The predicted octanol–water partition coefficient (Wildman–Crippen LogP) is 3.95. The van der Waals surface area contributed by atoms with E-state index in [1.807, 2.05) is 13.0 Å².